The van der Waals surface area contributed by atoms with Gasteiger partial charge in [-0.3, -0.25) is 20.1 Å². The standard InChI is InChI=1S/C27H34F4N6O4S/c1-6-22(23-10-8-19(41-5)14-33-23)34-18-7-9-21(28)20(13-18)26(3,35-24(32)36(4)17-38)25(2)11-12-37(15-25)42(39,40)16-27(29,30)31/h6-10,13-14,17,34H,11-12,15-16H2,1-5H3,(H2,32,35)/t25-,26-/m1/s1. The van der Waals surface area contributed by atoms with Crippen molar-refractivity contribution < 1.29 is 35.5 Å². The second kappa shape index (κ2) is 12.3. The second-order valence-electron chi connectivity index (χ2n) is 10.4. The van der Waals surface area contributed by atoms with Crippen LogP contribution in [0.5, 0.6) is 5.75 Å². The van der Waals surface area contributed by atoms with Gasteiger partial charge < -0.3 is 15.4 Å². The number of nitrogens with zero attached hydrogens (tertiary/aromatic N) is 3. The first-order chi connectivity index (χ1) is 19.5. The Kier molecular flexibility index (Phi) is 9.57. The molecule has 0 radical (unpaired) electrons. The lowest BCUT2D eigenvalue weighted by Gasteiger charge is -2.46. The molecule has 0 spiro atoms. The van der Waals surface area contributed by atoms with Gasteiger partial charge in [0, 0.05) is 36.8 Å². The van der Waals surface area contributed by atoms with Crippen molar-refractivity contribution in [1.29, 1.82) is 5.41 Å². The van der Waals surface area contributed by atoms with E-state index in [1.807, 2.05) is 0 Å². The van der Waals surface area contributed by atoms with Gasteiger partial charge in [0.15, 0.2) is 11.7 Å². The Labute approximate surface area is 242 Å². The molecule has 0 aliphatic carbocycles. The molecule has 1 aliphatic heterocycles. The number of pyridine rings is 1. The fourth-order valence-electron chi connectivity index (χ4n) is 4.87. The number of alkyl halides is 3. The van der Waals surface area contributed by atoms with Gasteiger partial charge in [0.05, 0.1) is 30.2 Å². The number of hydrogen-bond donors (Lipinski definition) is 3. The van der Waals surface area contributed by atoms with Crippen LogP contribution in [0.1, 0.15) is 38.4 Å². The fraction of sp³-hybridized carbons (Fsp3) is 0.444. The first-order valence-corrected chi connectivity index (χ1v) is 14.4. The maximum absolute atomic E-state index is 15.7. The number of methoxy groups -OCH3 is 1. The van der Waals surface area contributed by atoms with Crippen molar-refractivity contribution in [2.24, 2.45) is 5.41 Å². The summed E-state index contributed by atoms with van der Waals surface area (Å²) >= 11 is 0. The lowest BCUT2D eigenvalue weighted by atomic mass is 9.67. The van der Waals surface area contributed by atoms with Gasteiger partial charge in [-0.05, 0) is 50.6 Å². The number of benzene rings is 1. The lowest BCUT2D eigenvalue weighted by molar-refractivity contribution is -0.114. The molecular formula is C27H34F4N6O4S. The summed E-state index contributed by atoms with van der Waals surface area (Å²) in [6, 6.07) is 7.59. The zero-order valence-corrected chi connectivity index (χ0v) is 24.7. The number of nitrogens with one attached hydrogen (secondary N) is 3. The molecule has 0 unspecified atom stereocenters. The number of sulfonamides is 1. The van der Waals surface area contributed by atoms with Gasteiger partial charge in [0.1, 0.15) is 11.6 Å². The molecule has 42 heavy (non-hydrogen) atoms. The Morgan fingerprint density at radius 1 is 1.29 bits per heavy atom. The van der Waals surface area contributed by atoms with E-state index in [1.54, 1.807) is 32.1 Å². The van der Waals surface area contributed by atoms with Crippen LogP contribution in [0.15, 0.2) is 42.6 Å². The molecule has 2 heterocycles. The highest BCUT2D eigenvalue weighted by Crippen LogP contribution is 2.48. The van der Waals surface area contributed by atoms with E-state index in [-0.39, 0.29) is 25.1 Å². The molecular weight excluding hydrogens is 580 g/mol. The van der Waals surface area contributed by atoms with Crippen LogP contribution >= 0.6 is 0 Å². The van der Waals surface area contributed by atoms with E-state index in [9.17, 15) is 26.4 Å². The minimum absolute atomic E-state index is 0.00672. The molecule has 1 aliphatic rings. The summed E-state index contributed by atoms with van der Waals surface area (Å²) in [6.07, 6.45) is -1.25. The number of allylic oxidation sites excluding steroid dienone is 1. The number of anilines is 1. The van der Waals surface area contributed by atoms with E-state index in [0.717, 1.165) is 9.21 Å². The van der Waals surface area contributed by atoms with E-state index in [4.69, 9.17) is 10.1 Å². The summed E-state index contributed by atoms with van der Waals surface area (Å²) in [5, 5.41) is 14.4. The normalized spacial score (nSPS) is 19.6. The summed E-state index contributed by atoms with van der Waals surface area (Å²) in [5.74, 6) is -2.60. The second-order valence-corrected chi connectivity index (χ2v) is 12.4. The molecule has 0 saturated carbocycles. The largest absolute Gasteiger partial charge is 0.495 e. The molecule has 1 saturated heterocycles. The molecule has 3 rings (SSSR count). The Bertz CT molecular complexity index is 1450. The number of aromatic nitrogens is 1. The molecule has 1 aromatic carbocycles. The van der Waals surface area contributed by atoms with Crippen molar-refractivity contribution in [3.63, 3.8) is 0 Å². The maximum atomic E-state index is 15.7. The third kappa shape index (κ3) is 7.01. The fourth-order valence-corrected chi connectivity index (χ4v) is 6.32. The monoisotopic (exact) mass is 614 g/mol. The molecule has 10 nitrogen and oxygen atoms in total. The van der Waals surface area contributed by atoms with Gasteiger partial charge in [-0.25, -0.2) is 17.1 Å². The molecule has 1 amide bonds. The van der Waals surface area contributed by atoms with Gasteiger partial charge in [-0.1, -0.05) is 13.0 Å². The highest BCUT2D eigenvalue weighted by molar-refractivity contribution is 7.89. The van der Waals surface area contributed by atoms with Crippen molar-refractivity contribution in [2.45, 2.75) is 38.9 Å². The molecule has 1 fully saturated rings. The van der Waals surface area contributed by atoms with Crippen LogP contribution in [0.4, 0.5) is 23.2 Å². The van der Waals surface area contributed by atoms with Crippen LogP contribution in [0.25, 0.3) is 5.70 Å². The number of halogens is 4. The van der Waals surface area contributed by atoms with E-state index in [0.29, 0.717) is 29.2 Å². The van der Waals surface area contributed by atoms with Gasteiger partial charge >= 0.3 is 6.18 Å². The number of carbonyl (C=O) groups excluding carboxylic acids is 1. The minimum Gasteiger partial charge on any atom is -0.495 e. The number of guanidine groups is 1. The van der Waals surface area contributed by atoms with E-state index in [1.165, 1.54) is 45.5 Å². The van der Waals surface area contributed by atoms with Crippen LogP contribution in [0.2, 0.25) is 0 Å². The van der Waals surface area contributed by atoms with Gasteiger partial charge in [0.2, 0.25) is 16.4 Å². The highest BCUT2D eigenvalue weighted by atomic mass is 32.2. The molecule has 2 aromatic rings. The molecule has 230 valence electrons. The quantitative estimate of drug-likeness (QED) is 0.159. The Balaban J connectivity index is 2.06. The van der Waals surface area contributed by atoms with Crippen LogP contribution in [-0.4, -0.2) is 74.2 Å². The minimum atomic E-state index is -4.94. The van der Waals surface area contributed by atoms with E-state index >= 15 is 4.39 Å². The third-order valence-corrected chi connectivity index (χ3v) is 9.38. The SMILES string of the molecule is CC=C(Nc1ccc(F)c([C@@](C)(NC(=N)N(C)C=O)[C@]2(C)CCN(S(=O)(=O)CC(F)(F)F)C2)c1)c1ccc(OC)cn1. The van der Waals surface area contributed by atoms with Crippen LogP contribution in [0.3, 0.4) is 0 Å². The van der Waals surface area contributed by atoms with Crippen molar-refractivity contribution in [1.82, 2.24) is 19.5 Å². The molecule has 0 bridgehead atoms. The zero-order valence-electron chi connectivity index (χ0n) is 23.8. The Morgan fingerprint density at radius 2 is 1.98 bits per heavy atom. The summed E-state index contributed by atoms with van der Waals surface area (Å²) in [7, 11) is -1.91. The maximum Gasteiger partial charge on any atom is 0.404 e. The lowest BCUT2D eigenvalue weighted by Crippen LogP contribution is -2.58. The number of ether oxygens (including phenoxy) is 1. The number of amides is 1. The summed E-state index contributed by atoms with van der Waals surface area (Å²) in [6.45, 7) is 4.28. The summed E-state index contributed by atoms with van der Waals surface area (Å²) < 4.78 is 85.9. The predicted octanol–water partition coefficient (Wildman–Crippen LogP) is 4.13. The summed E-state index contributed by atoms with van der Waals surface area (Å²) in [4.78, 5) is 16.6. The third-order valence-electron chi connectivity index (χ3n) is 7.58. The van der Waals surface area contributed by atoms with Crippen molar-refractivity contribution in [3.05, 3.63) is 59.7 Å². The average molecular weight is 615 g/mol. The van der Waals surface area contributed by atoms with Crippen molar-refractivity contribution in [3.8, 4) is 5.75 Å². The average Bonchev–Trinajstić information content (AvgIpc) is 3.35. The van der Waals surface area contributed by atoms with Crippen LogP contribution in [0, 0.1) is 16.6 Å². The molecule has 15 heteroatoms. The van der Waals surface area contributed by atoms with Gasteiger partial charge in [0.25, 0.3) is 0 Å². The van der Waals surface area contributed by atoms with Crippen LogP contribution < -0.4 is 15.4 Å². The number of carbonyl (C=O) groups is 1. The topological polar surface area (TPSA) is 128 Å². The van der Waals surface area contributed by atoms with Crippen molar-refractivity contribution in [2.75, 3.05) is 38.3 Å². The molecule has 3 N–H and O–H groups in total. The zero-order chi connectivity index (χ0) is 31.5. The van der Waals surface area contributed by atoms with E-state index < -0.39 is 44.7 Å². The number of rotatable bonds is 10. The van der Waals surface area contributed by atoms with Gasteiger partial charge in [-0.2, -0.15) is 13.2 Å². The highest BCUT2D eigenvalue weighted by Gasteiger charge is 2.54. The van der Waals surface area contributed by atoms with E-state index in [2.05, 4.69) is 15.6 Å². The van der Waals surface area contributed by atoms with Crippen molar-refractivity contribution >= 4 is 33.8 Å². The smallest absolute Gasteiger partial charge is 0.404 e. The molecule has 1 aromatic heterocycles. The van der Waals surface area contributed by atoms with Gasteiger partial charge in [-0.15, -0.1) is 0 Å². The molecule has 2 atom stereocenters. The van der Waals surface area contributed by atoms with Crippen LogP contribution in [-0.2, 0) is 20.4 Å². The predicted molar refractivity (Wildman–Crippen MR) is 151 cm³/mol. The Morgan fingerprint density at radius 3 is 2.52 bits per heavy atom. The Hall–Kier alpha value is -3.72. The first-order valence-electron chi connectivity index (χ1n) is 12.8. The summed E-state index contributed by atoms with van der Waals surface area (Å²) in [5.41, 5.74) is -1.22. The first kappa shape index (κ1) is 32.8. The number of hydrogen-bond acceptors (Lipinski definition) is 7.